The van der Waals surface area contributed by atoms with Crippen molar-refractivity contribution in [3.8, 4) is 0 Å². The first-order chi connectivity index (χ1) is 11.1. The molecule has 0 atom stereocenters. The fourth-order valence-corrected chi connectivity index (χ4v) is 2.21. The predicted octanol–water partition coefficient (Wildman–Crippen LogP) is 3.58. The first-order valence-corrected chi connectivity index (χ1v) is 8.42. The summed E-state index contributed by atoms with van der Waals surface area (Å²) in [4.78, 5) is 6.65. The average molecular weight is 449 g/mol. The molecule has 1 saturated carbocycles. The summed E-state index contributed by atoms with van der Waals surface area (Å²) in [7, 11) is 2.00. The lowest BCUT2D eigenvalue weighted by Crippen LogP contribution is -2.40. The molecule has 0 radical (unpaired) electrons. The summed E-state index contributed by atoms with van der Waals surface area (Å²) >= 11 is 0. The number of hydrogen-bond acceptors (Lipinski definition) is 2. The summed E-state index contributed by atoms with van der Waals surface area (Å²) in [5.41, 5.74) is 1.54. The van der Waals surface area contributed by atoms with Crippen LogP contribution in [0.25, 0.3) is 0 Å². The van der Waals surface area contributed by atoms with Gasteiger partial charge in [0.1, 0.15) is 5.82 Å². The third-order valence-electron chi connectivity index (χ3n) is 3.97. The van der Waals surface area contributed by atoms with Crippen molar-refractivity contribution in [1.29, 1.82) is 0 Å². The molecule has 136 valence electrons. The van der Waals surface area contributed by atoms with Crippen LogP contribution in [0.4, 0.5) is 4.39 Å². The second kappa shape index (κ2) is 10.9. The van der Waals surface area contributed by atoms with Crippen LogP contribution in [0, 0.1) is 18.7 Å². The van der Waals surface area contributed by atoms with Crippen molar-refractivity contribution >= 4 is 29.9 Å². The number of halogens is 2. The second-order valence-corrected chi connectivity index (χ2v) is 6.19. The molecule has 0 bridgehead atoms. The number of benzene rings is 1. The Labute approximate surface area is 161 Å². The summed E-state index contributed by atoms with van der Waals surface area (Å²) in [6.07, 6.45) is 2.63. The van der Waals surface area contributed by atoms with Gasteiger partial charge in [-0.15, -0.1) is 24.0 Å². The van der Waals surface area contributed by atoms with Crippen LogP contribution in [-0.4, -0.2) is 44.2 Å². The number of nitrogens with zero attached hydrogens (tertiary/aromatic N) is 2. The van der Waals surface area contributed by atoms with E-state index in [1.807, 2.05) is 20.0 Å². The molecule has 2 rings (SSSR count). The molecule has 0 heterocycles. The lowest BCUT2D eigenvalue weighted by Gasteiger charge is -2.22. The van der Waals surface area contributed by atoms with Crippen LogP contribution in [0.1, 0.15) is 30.9 Å². The molecule has 1 aliphatic carbocycles. The summed E-state index contributed by atoms with van der Waals surface area (Å²) < 4.78 is 19.3. The van der Waals surface area contributed by atoms with Gasteiger partial charge in [0.15, 0.2) is 5.96 Å². The standard InChI is InChI=1S/C18H28FN3O.HI/c1-4-20-18(22(3)9-10-23-13-15-7-8-15)21-12-16-6-5-14(2)17(19)11-16;/h5-6,11,15H,4,7-10,12-13H2,1-3H3,(H,20,21);1H. The van der Waals surface area contributed by atoms with E-state index in [2.05, 4.69) is 15.2 Å². The number of guanidine groups is 1. The first-order valence-electron chi connectivity index (χ1n) is 8.42. The van der Waals surface area contributed by atoms with Gasteiger partial charge in [0.2, 0.25) is 0 Å². The van der Waals surface area contributed by atoms with E-state index in [4.69, 9.17) is 4.74 Å². The summed E-state index contributed by atoms with van der Waals surface area (Å²) in [6, 6.07) is 5.27. The monoisotopic (exact) mass is 449 g/mol. The van der Waals surface area contributed by atoms with Crippen molar-refractivity contribution in [2.45, 2.75) is 33.2 Å². The van der Waals surface area contributed by atoms with E-state index < -0.39 is 0 Å². The topological polar surface area (TPSA) is 36.9 Å². The first kappa shape index (κ1) is 21.2. The zero-order valence-corrected chi connectivity index (χ0v) is 17.2. The highest BCUT2D eigenvalue weighted by Crippen LogP contribution is 2.28. The maximum atomic E-state index is 13.6. The Morgan fingerprint density at radius 3 is 2.79 bits per heavy atom. The molecule has 1 fully saturated rings. The largest absolute Gasteiger partial charge is 0.379 e. The zero-order valence-electron chi connectivity index (χ0n) is 14.8. The van der Waals surface area contributed by atoms with E-state index in [0.717, 1.165) is 37.1 Å². The van der Waals surface area contributed by atoms with Crippen molar-refractivity contribution in [3.63, 3.8) is 0 Å². The van der Waals surface area contributed by atoms with E-state index in [-0.39, 0.29) is 29.8 Å². The quantitative estimate of drug-likeness (QED) is 0.285. The number of likely N-dealkylation sites (N-methyl/N-ethyl adjacent to an activating group) is 1. The molecule has 24 heavy (non-hydrogen) atoms. The zero-order chi connectivity index (χ0) is 16.7. The lowest BCUT2D eigenvalue weighted by atomic mass is 10.1. The molecule has 0 amide bonds. The Morgan fingerprint density at radius 1 is 1.42 bits per heavy atom. The normalized spacial score (nSPS) is 14.2. The summed E-state index contributed by atoms with van der Waals surface area (Å²) in [6.45, 7) is 7.45. The number of ether oxygens (including phenoxy) is 1. The van der Waals surface area contributed by atoms with Crippen molar-refractivity contribution in [2.75, 3.05) is 33.4 Å². The Morgan fingerprint density at radius 2 is 2.17 bits per heavy atom. The van der Waals surface area contributed by atoms with Gasteiger partial charge in [-0.1, -0.05) is 12.1 Å². The maximum Gasteiger partial charge on any atom is 0.194 e. The van der Waals surface area contributed by atoms with Gasteiger partial charge < -0.3 is 15.0 Å². The predicted molar refractivity (Wildman–Crippen MR) is 108 cm³/mol. The molecule has 4 nitrogen and oxygen atoms in total. The van der Waals surface area contributed by atoms with Crippen molar-refractivity contribution in [1.82, 2.24) is 10.2 Å². The SMILES string of the molecule is CCNC(=NCc1ccc(C)c(F)c1)N(C)CCOCC1CC1.I. The highest BCUT2D eigenvalue weighted by Gasteiger charge is 2.21. The molecule has 0 saturated heterocycles. The number of aliphatic imine (C=N–C) groups is 1. The van der Waals surface area contributed by atoms with E-state index in [1.54, 1.807) is 19.1 Å². The van der Waals surface area contributed by atoms with Gasteiger partial charge in [-0.05, 0) is 49.8 Å². The lowest BCUT2D eigenvalue weighted by molar-refractivity contribution is 0.115. The van der Waals surface area contributed by atoms with Gasteiger partial charge in [-0.3, -0.25) is 0 Å². The molecule has 0 spiro atoms. The van der Waals surface area contributed by atoms with Gasteiger partial charge in [0, 0.05) is 26.7 Å². The fraction of sp³-hybridized carbons (Fsp3) is 0.611. The molecule has 1 aliphatic rings. The van der Waals surface area contributed by atoms with Crippen LogP contribution in [0.3, 0.4) is 0 Å². The molecular formula is C18H29FIN3O. The smallest absolute Gasteiger partial charge is 0.194 e. The van der Waals surface area contributed by atoms with Crippen LogP contribution in [0.2, 0.25) is 0 Å². The van der Waals surface area contributed by atoms with Crippen molar-refractivity contribution in [3.05, 3.63) is 35.1 Å². The van der Waals surface area contributed by atoms with E-state index in [9.17, 15) is 4.39 Å². The van der Waals surface area contributed by atoms with E-state index >= 15 is 0 Å². The van der Waals surface area contributed by atoms with Crippen molar-refractivity contribution < 1.29 is 9.13 Å². The van der Waals surface area contributed by atoms with Gasteiger partial charge in [-0.25, -0.2) is 9.38 Å². The van der Waals surface area contributed by atoms with Crippen molar-refractivity contribution in [2.24, 2.45) is 10.9 Å². The van der Waals surface area contributed by atoms with E-state index in [1.165, 1.54) is 12.8 Å². The molecule has 0 aliphatic heterocycles. The number of rotatable bonds is 8. The van der Waals surface area contributed by atoms with Gasteiger partial charge in [0.05, 0.1) is 13.2 Å². The Kier molecular flexibility index (Phi) is 9.58. The highest BCUT2D eigenvalue weighted by molar-refractivity contribution is 14.0. The third-order valence-corrected chi connectivity index (χ3v) is 3.97. The fourth-order valence-electron chi connectivity index (χ4n) is 2.21. The molecule has 1 aromatic rings. The van der Waals surface area contributed by atoms with Gasteiger partial charge in [0.25, 0.3) is 0 Å². The summed E-state index contributed by atoms with van der Waals surface area (Å²) in [5, 5.41) is 3.27. The van der Waals surface area contributed by atoms with Crippen LogP contribution in [-0.2, 0) is 11.3 Å². The summed E-state index contributed by atoms with van der Waals surface area (Å²) in [5.74, 6) is 1.44. The Balaban J connectivity index is 0.00000288. The van der Waals surface area contributed by atoms with Crippen LogP contribution in [0.15, 0.2) is 23.2 Å². The van der Waals surface area contributed by atoms with Crippen LogP contribution >= 0.6 is 24.0 Å². The van der Waals surface area contributed by atoms with Gasteiger partial charge >= 0.3 is 0 Å². The minimum absolute atomic E-state index is 0. The third kappa shape index (κ3) is 7.34. The minimum atomic E-state index is -0.176. The highest BCUT2D eigenvalue weighted by atomic mass is 127. The molecule has 1 N–H and O–H groups in total. The second-order valence-electron chi connectivity index (χ2n) is 6.19. The molecule has 1 aromatic carbocycles. The Bertz CT molecular complexity index is 535. The minimum Gasteiger partial charge on any atom is -0.379 e. The molecule has 0 aromatic heterocycles. The average Bonchev–Trinajstić information content (AvgIpc) is 3.35. The molecular weight excluding hydrogens is 420 g/mol. The van der Waals surface area contributed by atoms with E-state index in [0.29, 0.717) is 18.7 Å². The number of aryl methyl sites for hydroxylation is 1. The molecule has 6 heteroatoms. The Hall–Kier alpha value is -0.890. The number of hydrogen-bond donors (Lipinski definition) is 1. The van der Waals surface area contributed by atoms with Crippen LogP contribution < -0.4 is 5.32 Å². The van der Waals surface area contributed by atoms with Crippen LogP contribution in [0.5, 0.6) is 0 Å². The number of nitrogens with one attached hydrogen (secondary N) is 1. The molecule has 0 unspecified atom stereocenters. The van der Waals surface area contributed by atoms with Gasteiger partial charge in [-0.2, -0.15) is 0 Å². The maximum absolute atomic E-state index is 13.6.